The molecule has 1 aromatic rings. The van der Waals surface area contributed by atoms with Crippen molar-refractivity contribution in [1.29, 1.82) is 0 Å². The first-order valence-electron chi connectivity index (χ1n) is 9.98. The standard InChI is InChI=1S/C20H27ClN4O2/c21-16-5-3-6-17(15-16)23-13-11-22(12-14-23)8-1-2-9-25-19(26)18-7-4-10-24(18)20(25)27/h3,5-6,15,18H,1-2,4,7-14H2. The van der Waals surface area contributed by atoms with Crippen molar-refractivity contribution < 1.29 is 9.59 Å². The van der Waals surface area contributed by atoms with Gasteiger partial charge in [-0.1, -0.05) is 17.7 Å². The van der Waals surface area contributed by atoms with Gasteiger partial charge >= 0.3 is 6.03 Å². The largest absolute Gasteiger partial charge is 0.369 e. The van der Waals surface area contributed by atoms with E-state index in [0.717, 1.165) is 70.0 Å². The second-order valence-electron chi connectivity index (χ2n) is 7.64. The Kier molecular flexibility index (Phi) is 5.55. The molecule has 3 aliphatic heterocycles. The van der Waals surface area contributed by atoms with Gasteiger partial charge in [0.2, 0.25) is 0 Å². The molecule has 1 atom stereocenters. The van der Waals surface area contributed by atoms with Crippen LogP contribution in [0, 0.1) is 0 Å². The maximum absolute atomic E-state index is 12.3. The molecule has 0 bridgehead atoms. The molecule has 146 valence electrons. The van der Waals surface area contributed by atoms with Crippen LogP contribution in [0.4, 0.5) is 10.5 Å². The number of fused-ring (bicyclic) bond motifs is 1. The average molecular weight is 391 g/mol. The number of anilines is 1. The highest BCUT2D eigenvalue weighted by Gasteiger charge is 2.46. The third-order valence-electron chi connectivity index (χ3n) is 5.93. The zero-order chi connectivity index (χ0) is 18.8. The highest BCUT2D eigenvalue weighted by Crippen LogP contribution is 2.27. The third kappa shape index (κ3) is 3.92. The van der Waals surface area contributed by atoms with E-state index in [0.29, 0.717) is 6.54 Å². The Bertz CT molecular complexity index is 683. The summed E-state index contributed by atoms with van der Waals surface area (Å²) in [5.74, 6) is 0.0210. The summed E-state index contributed by atoms with van der Waals surface area (Å²) in [5.41, 5.74) is 1.19. The van der Waals surface area contributed by atoms with Gasteiger partial charge in [0.1, 0.15) is 6.04 Å². The lowest BCUT2D eigenvalue weighted by atomic mass is 10.2. The minimum Gasteiger partial charge on any atom is -0.369 e. The molecule has 0 aromatic heterocycles. The van der Waals surface area contributed by atoms with Crippen molar-refractivity contribution in [2.45, 2.75) is 31.7 Å². The highest BCUT2D eigenvalue weighted by atomic mass is 35.5. The number of imide groups is 1. The number of amides is 3. The van der Waals surface area contributed by atoms with Gasteiger partial charge < -0.3 is 9.80 Å². The Hall–Kier alpha value is -1.79. The number of unbranched alkanes of at least 4 members (excludes halogenated alkanes) is 1. The van der Waals surface area contributed by atoms with Crippen molar-refractivity contribution in [2.75, 3.05) is 50.7 Å². The number of nitrogens with zero attached hydrogens (tertiary/aromatic N) is 4. The summed E-state index contributed by atoms with van der Waals surface area (Å²) in [5, 5.41) is 0.779. The second kappa shape index (κ2) is 8.07. The number of benzene rings is 1. The van der Waals surface area contributed by atoms with E-state index in [1.807, 2.05) is 18.2 Å². The van der Waals surface area contributed by atoms with E-state index in [-0.39, 0.29) is 18.0 Å². The van der Waals surface area contributed by atoms with Crippen molar-refractivity contribution in [3.05, 3.63) is 29.3 Å². The molecular formula is C20H27ClN4O2. The SMILES string of the molecule is O=C1C2CCCN2C(=O)N1CCCCN1CCN(c2cccc(Cl)c2)CC1. The highest BCUT2D eigenvalue weighted by molar-refractivity contribution is 6.30. The maximum Gasteiger partial charge on any atom is 0.327 e. The zero-order valence-electron chi connectivity index (χ0n) is 15.6. The number of hydrogen-bond donors (Lipinski definition) is 0. The molecule has 3 heterocycles. The fourth-order valence-corrected chi connectivity index (χ4v) is 4.58. The number of urea groups is 1. The van der Waals surface area contributed by atoms with Gasteiger partial charge in [0.25, 0.3) is 5.91 Å². The first kappa shape index (κ1) is 18.6. The lowest BCUT2D eigenvalue weighted by Gasteiger charge is -2.36. The average Bonchev–Trinajstić information content (AvgIpc) is 3.24. The minimum atomic E-state index is -0.169. The van der Waals surface area contributed by atoms with Crippen molar-refractivity contribution in [3.8, 4) is 0 Å². The molecule has 27 heavy (non-hydrogen) atoms. The summed E-state index contributed by atoms with van der Waals surface area (Å²) in [4.78, 5) is 32.7. The van der Waals surface area contributed by atoms with Crippen molar-refractivity contribution in [1.82, 2.24) is 14.7 Å². The van der Waals surface area contributed by atoms with E-state index in [1.165, 1.54) is 10.6 Å². The van der Waals surface area contributed by atoms with E-state index < -0.39 is 0 Å². The Morgan fingerprint density at radius 1 is 1.00 bits per heavy atom. The molecule has 4 rings (SSSR count). The van der Waals surface area contributed by atoms with Gasteiger partial charge in [-0.25, -0.2) is 4.79 Å². The Morgan fingerprint density at radius 3 is 2.52 bits per heavy atom. The van der Waals surface area contributed by atoms with Crippen LogP contribution in [0.5, 0.6) is 0 Å². The van der Waals surface area contributed by atoms with Gasteiger partial charge in [-0.3, -0.25) is 14.6 Å². The third-order valence-corrected chi connectivity index (χ3v) is 6.17. The van der Waals surface area contributed by atoms with Crippen LogP contribution in [-0.4, -0.2) is 78.5 Å². The van der Waals surface area contributed by atoms with Gasteiger partial charge in [0.05, 0.1) is 0 Å². The number of rotatable bonds is 6. The van der Waals surface area contributed by atoms with Crippen LogP contribution in [0.2, 0.25) is 5.02 Å². The first-order valence-corrected chi connectivity index (χ1v) is 10.4. The fourth-order valence-electron chi connectivity index (χ4n) is 4.40. The lowest BCUT2D eigenvalue weighted by molar-refractivity contribution is -0.128. The molecule has 0 N–H and O–H groups in total. The van der Waals surface area contributed by atoms with Crippen LogP contribution < -0.4 is 4.90 Å². The first-order chi connectivity index (χ1) is 13.1. The number of halogens is 1. The van der Waals surface area contributed by atoms with Crippen LogP contribution in [0.1, 0.15) is 25.7 Å². The van der Waals surface area contributed by atoms with E-state index >= 15 is 0 Å². The smallest absolute Gasteiger partial charge is 0.327 e. The quantitative estimate of drug-likeness (QED) is 0.553. The van der Waals surface area contributed by atoms with E-state index in [9.17, 15) is 9.59 Å². The maximum atomic E-state index is 12.3. The van der Waals surface area contributed by atoms with E-state index in [1.54, 1.807) is 4.90 Å². The predicted octanol–water partition coefficient (Wildman–Crippen LogP) is 2.67. The summed E-state index contributed by atoms with van der Waals surface area (Å²) in [6.45, 7) is 6.39. The molecule has 1 aromatic carbocycles. The summed E-state index contributed by atoms with van der Waals surface area (Å²) >= 11 is 6.09. The topological polar surface area (TPSA) is 47.1 Å². The Labute approximate surface area is 165 Å². The number of hydrogen-bond acceptors (Lipinski definition) is 4. The van der Waals surface area contributed by atoms with Gasteiger partial charge in [0.15, 0.2) is 0 Å². The molecule has 3 fully saturated rings. The summed E-state index contributed by atoms with van der Waals surface area (Å²) < 4.78 is 0. The molecular weight excluding hydrogens is 364 g/mol. The Morgan fingerprint density at radius 2 is 1.78 bits per heavy atom. The van der Waals surface area contributed by atoms with Gasteiger partial charge in [-0.05, 0) is 50.4 Å². The van der Waals surface area contributed by atoms with Crippen molar-refractivity contribution in [2.24, 2.45) is 0 Å². The van der Waals surface area contributed by atoms with Crippen LogP contribution in [0.15, 0.2) is 24.3 Å². The predicted molar refractivity (Wildman–Crippen MR) is 106 cm³/mol. The van der Waals surface area contributed by atoms with Crippen molar-refractivity contribution in [3.63, 3.8) is 0 Å². The summed E-state index contributed by atoms with van der Waals surface area (Å²) in [7, 11) is 0. The lowest BCUT2D eigenvalue weighted by Crippen LogP contribution is -2.46. The molecule has 1 unspecified atom stereocenters. The van der Waals surface area contributed by atoms with Crippen LogP contribution in [-0.2, 0) is 4.79 Å². The molecule has 7 heteroatoms. The van der Waals surface area contributed by atoms with Crippen LogP contribution >= 0.6 is 11.6 Å². The Balaban J connectivity index is 1.17. The molecule has 3 amide bonds. The molecule has 3 aliphatic rings. The molecule has 3 saturated heterocycles. The number of carbonyl (C=O) groups excluding carboxylic acids is 2. The molecule has 0 saturated carbocycles. The second-order valence-corrected chi connectivity index (χ2v) is 8.08. The van der Waals surface area contributed by atoms with Crippen LogP contribution in [0.3, 0.4) is 0 Å². The number of piperazine rings is 1. The van der Waals surface area contributed by atoms with Crippen molar-refractivity contribution >= 4 is 29.2 Å². The fraction of sp³-hybridized carbons (Fsp3) is 0.600. The van der Waals surface area contributed by atoms with Gasteiger partial charge in [-0.15, -0.1) is 0 Å². The molecule has 0 radical (unpaired) electrons. The molecule has 0 spiro atoms. The molecule has 6 nitrogen and oxygen atoms in total. The van der Waals surface area contributed by atoms with Gasteiger partial charge in [-0.2, -0.15) is 0 Å². The van der Waals surface area contributed by atoms with E-state index in [4.69, 9.17) is 11.6 Å². The monoisotopic (exact) mass is 390 g/mol. The van der Waals surface area contributed by atoms with Gasteiger partial charge in [0, 0.05) is 50.0 Å². The summed E-state index contributed by atoms with van der Waals surface area (Å²) in [6, 6.07) is 7.79. The number of carbonyl (C=O) groups is 2. The van der Waals surface area contributed by atoms with Crippen LogP contribution in [0.25, 0.3) is 0 Å². The minimum absolute atomic E-state index is 0.0210. The molecule has 0 aliphatic carbocycles. The van der Waals surface area contributed by atoms with E-state index in [2.05, 4.69) is 15.9 Å². The summed E-state index contributed by atoms with van der Waals surface area (Å²) in [6.07, 6.45) is 3.68. The zero-order valence-corrected chi connectivity index (χ0v) is 16.4. The normalized spacial score (nSPS) is 23.4.